The Balaban J connectivity index is 1.86. The Morgan fingerprint density at radius 2 is 2.17 bits per heavy atom. The Kier molecular flexibility index (Phi) is 4.94. The molecule has 2 N–H and O–H groups in total. The van der Waals surface area contributed by atoms with Gasteiger partial charge in [-0.2, -0.15) is 10.4 Å². The van der Waals surface area contributed by atoms with Crippen LogP contribution in [0.1, 0.15) is 42.1 Å². The van der Waals surface area contributed by atoms with E-state index in [1.54, 1.807) is 0 Å². The quantitative estimate of drug-likeness (QED) is 0.890. The number of ether oxygens (including phenoxy) is 1. The number of benzene rings is 1. The molecule has 23 heavy (non-hydrogen) atoms. The van der Waals surface area contributed by atoms with E-state index in [0.29, 0.717) is 32.0 Å². The zero-order valence-electron chi connectivity index (χ0n) is 13.2. The van der Waals surface area contributed by atoms with E-state index in [9.17, 15) is 0 Å². The Morgan fingerprint density at radius 3 is 2.91 bits per heavy atom. The van der Waals surface area contributed by atoms with Crippen LogP contribution >= 0.6 is 0 Å². The number of nitrogens with zero attached hydrogens (tertiary/aromatic N) is 3. The molecule has 0 amide bonds. The monoisotopic (exact) mass is 310 g/mol. The highest BCUT2D eigenvalue weighted by atomic mass is 16.5. The molecule has 1 aromatic heterocycles. The van der Waals surface area contributed by atoms with Gasteiger partial charge in [0.25, 0.3) is 0 Å². The summed E-state index contributed by atoms with van der Waals surface area (Å²) in [6, 6.07) is 12.0. The largest absolute Gasteiger partial charge is 0.487 e. The fourth-order valence-electron chi connectivity index (χ4n) is 3.31. The Bertz CT molecular complexity index is 687. The van der Waals surface area contributed by atoms with Gasteiger partial charge in [0.15, 0.2) is 0 Å². The number of hydrogen-bond donors (Lipinski definition) is 1. The van der Waals surface area contributed by atoms with Crippen molar-refractivity contribution in [2.45, 2.75) is 44.8 Å². The average Bonchev–Trinajstić information content (AvgIpc) is 2.97. The summed E-state index contributed by atoms with van der Waals surface area (Å²) in [7, 11) is 0. The Labute approximate surface area is 136 Å². The minimum Gasteiger partial charge on any atom is -0.487 e. The van der Waals surface area contributed by atoms with E-state index in [4.69, 9.17) is 20.8 Å². The van der Waals surface area contributed by atoms with Crippen LogP contribution in [0, 0.1) is 11.3 Å². The SMILES string of the molecule is N#CCCn1nc(COc2ccccc2)c2c1CCCC2CN. The van der Waals surface area contributed by atoms with Gasteiger partial charge in [-0.1, -0.05) is 18.2 Å². The lowest BCUT2D eigenvalue weighted by molar-refractivity contribution is 0.297. The number of fused-ring (bicyclic) bond motifs is 1. The topological polar surface area (TPSA) is 76.9 Å². The lowest BCUT2D eigenvalue weighted by Crippen LogP contribution is -2.20. The highest BCUT2D eigenvalue weighted by Crippen LogP contribution is 2.34. The number of para-hydroxylation sites is 1. The molecular weight excluding hydrogens is 288 g/mol. The first-order valence-electron chi connectivity index (χ1n) is 8.16. The second kappa shape index (κ2) is 7.30. The molecule has 0 fully saturated rings. The number of hydrogen-bond acceptors (Lipinski definition) is 4. The van der Waals surface area contributed by atoms with Crippen LogP contribution in [0.25, 0.3) is 0 Å². The van der Waals surface area contributed by atoms with Crippen molar-refractivity contribution in [2.75, 3.05) is 6.54 Å². The molecule has 5 heteroatoms. The molecule has 2 aromatic rings. The van der Waals surface area contributed by atoms with Crippen LogP contribution in [0.2, 0.25) is 0 Å². The molecule has 1 atom stereocenters. The summed E-state index contributed by atoms with van der Waals surface area (Å²) < 4.78 is 7.88. The molecule has 0 spiro atoms. The summed E-state index contributed by atoms with van der Waals surface area (Å²) in [5, 5.41) is 13.6. The van der Waals surface area contributed by atoms with E-state index < -0.39 is 0 Å². The summed E-state index contributed by atoms with van der Waals surface area (Å²) in [6.07, 6.45) is 3.72. The van der Waals surface area contributed by atoms with Crippen molar-refractivity contribution < 1.29 is 4.74 Å². The molecule has 1 aliphatic carbocycles. The highest BCUT2D eigenvalue weighted by molar-refractivity contribution is 5.33. The Morgan fingerprint density at radius 1 is 1.35 bits per heavy atom. The summed E-state index contributed by atoms with van der Waals surface area (Å²) in [5.74, 6) is 1.19. The molecular formula is C18H22N4O. The fourth-order valence-corrected chi connectivity index (χ4v) is 3.31. The standard InChI is InChI=1S/C18H22N4O/c19-10-5-11-22-17-9-4-6-14(12-20)18(17)16(21-22)13-23-15-7-2-1-3-8-15/h1-3,7-8,14H,4-6,9,11-13,20H2. The molecule has 1 aliphatic rings. The van der Waals surface area contributed by atoms with Gasteiger partial charge in [0, 0.05) is 11.3 Å². The second-order valence-corrected chi connectivity index (χ2v) is 5.86. The Hall–Kier alpha value is -2.32. The van der Waals surface area contributed by atoms with E-state index in [2.05, 4.69) is 6.07 Å². The van der Waals surface area contributed by atoms with Gasteiger partial charge < -0.3 is 10.5 Å². The normalized spacial score (nSPS) is 16.6. The van der Waals surface area contributed by atoms with Gasteiger partial charge in [-0.25, -0.2) is 0 Å². The van der Waals surface area contributed by atoms with E-state index >= 15 is 0 Å². The predicted molar refractivity (Wildman–Crippen MR) is 88.0 cm³/mol. The van der Waals surface area contributed by atoms with Gasteiger partial charge in [0.2, 0.25) is 0 Å². The molecule has 0 aliphatic heterocycles. The molecule has 1 heterocycles. The number of rotatable bonds is 6. The van der Waals surface area contributed by atoms with Crippen molar-refractivity contribution in [1.29, 1.82) is 5.26 Å². The molecule has 120 valence electrons. The lowest BCUT2D eigenvalue weighted by Gasteiger charge is -2.22. The zero-order chi connectivity index (χ0) is 16.1. The van der Waals surface area contributed by atoms with Gasteiger partial charge in [0.05, 0.1) is 19.0 Å². The molecule has 0 radical (unpaired) electrons. The van der Waals surface area contributed by atoms with Crippen LogP contribution in [0.5, 0.6) is 5.75 Å². The summed E-state index contributed by atoms with van der Waals surface area (Å²) in [4.78, 5) is 0. The van der Waals surface area contributed by atoms with Crippen LogP contribution in [0.3, 0.4) is 0 Å². The molecule has 1 unspecified atom stereocenters. The molecule has 0 bridgehead atoms. The van der Waals surface area contributed by atoms with Gasteiger partial charge in [-0.3, -0.25) is 4.68 Å². The van der Waals surface area contributed by atoms with Gasteiger partial charge >= 0.3 is 0 Å². The van der Waals surface area contributed by atoms with Crippen LogP contribution in [-0.4, -0.2) is 16.3 Å². The first-order chi connectivity index (χ1) is 11.3. The number of aryl methyl sites for hydroxylation is 1. The van der Waals surface area contributed by atoms with Crippen molar-refractivity contribution in [3.63, 3.8) is 0 Å². The van der Waals surface area contributed by atoms with Gasteiger partial charge in [-0.15, -0.1) is 0 Å². The maximum atomic E-state index is 8.85. The fraction of sp³-hybridized carbons (Fsp3) is 0.444. The van der Waals surface area contributed by atoms with Crippen molar-refractivity contribution in [3.05, 3.63) is 47.3 Å². The first-order valence-corrected chi connectivity index (χ1v) is 8.16. The van der Waals surface area contributed by atoms with E-state index in [-0.39, 0.29) is 0 Å². The van der Waals surface area contributed by atoms with E-state index in [1.807, 2.05) is 35.0 Å². The maximum absolute atomic E-state index is 8.85. The summed E-state index contributed by atoms with van der Waals surface area (Å²) in [6.45, 7) is 1.72. The van der Waals surface area contributed by atoms with Crippen LogP contribution in [0.15, 0.2) is 30.3 Å². The minimum atomic E-state index is 0.351. The third-order valence-corrected chi connectivity index (χ3v) is 4.39. The van der Waals surface area contributed by atoms with Crippen molar-refractivity contribution >= 4 is 0 Å². The number of nitriles is 1. The predicted octanol–water partition coefficient (Wildman–Crippen LogP) is 2.75. The van der Waals surface area contributed by atoms with E-state index in [0.717, 1.165) is 30.7 Å². The van der Waals surface area contributed by atoms with Crippen LogP contribution in [-0.2, 0) is 19.6 Å². The molecule has 1 aromatic carbocycles. The van der Waals surface area contributed by atoms with Gasteiger partial charge in [-0.05, 0) is 43.9 Å². The molecule has 5 nitrogen and oxygen atoms in total. The van der Waals surface area contributed by atoms with E-state index in [1.165, 1.54) is 11.3 Å². The number of nitrogens with two attached hydrogens (primary N) is 1. The summed E-state index contributed by atoms with van der Waals surface area (Å²) in [5.41, 5.74) is 9.44. The van der Waals surface area contributed by atoms with Gasteiger partial charge in [0.1, 0.15) is 18.1 Å². The minimum absolute atomic E-state index is 0.351. The first kappa shape index (κ1) is 15.6. The average molecular weight is 310 g/mol. The molecule has 0 saturated heterocycles. The molecule has 0 saturated carbocycles. The third kappa shape index (κ3) is 3.38. The third-order valence-electron chi connectivity index (χ3n) is 4.39. The number of aromatic nitrogens is 2. The van der Waals surface area contributed by atoms with Crippen molar-refractivity contribution in [2.24, 2.45) is 5.73 Å². The van der Waals surface area contributed by atoms with Crippen molar-refractivity contribution in [3.8, 4) is 11.8 Å². The lowest BCUT2D eigenvalue weighted by atomic mass is 9.85. The maximum Gasteiger partial charge on any atom is 0.132 e. The summed E-state index contributed by atoms with van der Waals surface area (Å²) >= 11 is 0. The van der Waals surface area contributed by atoms with Crippen LogP contribution in [0.4, 0.5) is 0 Å². The zero-order valence-corrected chi connectivity index (χ0v) is 13.2. The molecule has 3 rings (SSSR count). The highest BCUT2D eigenvalue weighted by Gasteiger charge is 2.27. The smallest absolute Gasteiger partial charge is 0.132 e. The van der Waals surface area contributed by atoms with Crippen molar-refractivity contribution in [1.82, 2.24) is 9.78 Å². The second-order valence-electron chi connectivity index (χ2n) is 5.86. The van der Waals surface area contributed by atoms with Crippen LogP contribution < -0.4 is 10.5 Å².